The van der Waals surface area contributed by atoms with Crippen molar-refractivity contribution in [3.05, 3.63) is 64.7 Å². The fourth-order valence-electron chi connectivity index (χ4n) is 2.90. The summed E-state index contributed by atoms with van der Waals surface area (Å²) in [6, 6.07) is 11.2. The number of ether oxygens (including phenoxy) is 1. The van der Waals surface area contributed by atoms with E-state index in [1.807, 2.05) is 0 Å². The van der Waals surface area contributed by atoms with Crippen molar-refractivity contribution in [2.75, 3.05) is 12.4 Å². The average Bonchev–Trinajstić information content (AvgIpc) is 3.34. The Kier molecular flexibility index (Phi) is 5.23. The molecule has 0 saturated carbocycles. The van der Waals surface area contributed by atoms with Gasteiger partial charge in [0.2, 0.25) is 0 Å². The van der Waals surface area contributed by atoms with Gasteiger partial charge >= 0.3 is 0 Å². The van der Waals surface area contributed by atoms with E-state index in [1.165, 1.54) is 28.2 Å². The Balaban J connectivity index is 1.62. The number of nitrogens with one attached hydrogen (secondary N) is 1. The number of aromatic nitrogens is 5. The van der Waals surface area contributed by atoms with Gasteiger partial charge in [-0.3, -0.25) is 4.79 Å². The van der Waals surface area contributed by atoms with Crippen molar-refractivity contribution in [2.45, 2.75) is 13.8 Å². The van der Waals surface area contributed by atoms with Gasteiger partial charge in [0, 0.05) is 11.3 Å². The number of hydrogen-bond donors (Lipinski definition) is 1. The molecule has 4 aromatic rings. The highest BCUT2D eigenvalue weighted by Gasteiger charge is 2.18. The molecule has 0 spiro atoms. The van der Waals surface area contributed by atoms with Crippen LogP contribution in [0.5, 0.6) is 5.75 Å². The number of carbonyl (C=O) groups excluding carboxylic acids is 1. The molecular weight excluding hydrogens is 407 g/mol. The third-order valence-electron chi connectivity index (χ3n) is 4.38. The summed E-state index contributed by atoms with van der Waals surface area (Å²) in [4.78, 5) is 17.8. The molecule has 0 atom stereocenters. The quantitative estimate of drug-likeness (QED) is 0.524. The first-order valence-corrected chi connectivity index (χ1v) is 9.76. The number of tetrazole rings is 1. The first kappa shape index (κ1) is 19.6. The molecule has 30 heavy (non-hydrogen) atoms. The predicted octanol–water partition coefficient (Wildman–Crippen LogP) is 3.80. The van der Waals surface area contributed by atoms with E-state index >= 15 is 0 Å². The number of anilines is 1. The van der Waals surface area contributed by atoms with Gasteiger partial charge in [-0.15, -0.1) is 16.4 Å². The molecule has 0 aliphatic rings. The molecule has 0 fully saturated rings. The Labute approximate surface area is 175 Å². The van der Waals surface area contributed by atoms with Crippen LogP contribution in [0.25, 0.3) is 16.3 Å². The highest BCUT2D eigenvalue weighted by atomic mass is 32.1. The van der Waals surface area contributed by atoms with Crippen LogP contribution in [0.3, 0.4) is 0 Å². The number of aryl methyl sites for hydroxylation is 2. The van der Waals surface area contributed by atoms with E-state index in [1.54, 1.807) is 51.3 Å². The fraction of sp³-hybridized carbons (Fsp3) is 0.150. The number of benzene rings is 2. The first-order valence-electron chi connectivity index (χ1n) is 8.94. The van der Waals surface area contributed by atoms with Crippen LogP contribution >= 0.6 is 11.3 Å². The van der Waals surface area contributed by atoms with E-state index in [2.05, 4.69) is 25.8 Å². The van der Waals surface area contributed by atoms with Gasteiger partial charge in [0.15, 0.2) is 5.82 Å². The molecule has 0 bridgehead atoms. The van der Waals surface area contributed by atoms with Crippen LogP contribution < -0.4 is 10.1 Å². The zero-order chi connectivity index (χ0) is 21.3. The molecule has 0 aliphatic heterocycles. The van der Waals surface area contributed by atoms with Gasteiger partial charge in [-0.05, 0) is 66.7 Å². The lowest BCUT2D eigenvalue weighted by Crippen LogP contribution is -2.12. The first-order chi connectivity index (χ1) is 14.5. The maximum atomic E-state index is 13.2. The van der Waals surface area contributed by atoms with Crippen LogP contribution in [-0.2, 0) is 0 Å². The standard InChI is InChI=1S/C20H17FN6O2S/c1-11-18(30-20(22-11)13-4-6-14(21)7-5-13)19(28)23-15-8-9-17(29-3)16(10-15)27-12(2)24-25-26-27/h4-10H,1-3H3,(H,23,28). The summed E-state index contributed by atoms with van der Waals surface area (Å²) in [6.07, 6.45) is 0. The van der Waals surface area contributed by atoms with Crippen molar-refractivity contribution >= 4 is 22.9 Å². The number of halogens is 1. The summed E-state index contributed by atoms with van der Waals surface area (Å²) in [5.41, 5.74) is 2.51. The van der Waals surface area contributed by atoms with E-state index < -0.39 is 0 Å². The maximum Gasteiger partial charge on any atom is 0.267 e. The minimum absolute atomic E-state index is 0.289. The van der Waals surface area contributed by atoms with Crippen molar-refractivity contribution in [3.63, 3.8) is 0 Å². The van der Waals surface area contributed by atoms with Crippen molar-refractivity contribution in [1.82, 2.24) is 25.2 Å². The van der Waals surface area contributed by atoms with E-state index in [4.69, 9.17) is 4.74 Å². The van der Waals surface area contributed by atoms with E-state index in [9.17, 15) is 9.18 Å². The van der Waals surface area contributed by atoms with Crippen molar-refractivity contribution in [1.29, 1.82) is 0 Å². The van der Waals surface area contributed by atoms with Crippen molar-refractivity contribution < 1.29 is 13.9 Å². The zero-order valence-electron chi connectivity index (χ0n) is 16.4. The Morgan fingerprint density at radius 1 is 1.17 bits per heavy atom. The van der Waals surface area contributed by atoms with E-state index in [0.29, 0.717) is 38.5 Å². The number of carbonyl (C=O) groups is 1. The van der Waals surface area contributed by atoms with Crippen LogP contribution in [-0.4, -0.2) is 38.2 Å². The highest BCUT2D eigenvalue weighted by Crippen LogP contribution is 2.30. The van der Waals surface area contributed by atoms with Crippen LogP contribution in [0.1, 0.15) is 21.2 Å². The van der Waals surface area contributed by atoms with Crippen molar-refractivity contribution in [3.8, 4) is 22.0 Å². The van der Waals surface area contributed by atoms with Gasteiger partial charge in [-0.2, -0.15) is 4.68 Å². The third kappa shape index (κ3) is 3.77. The molecule has 1 N–H and O–H groups in total. The topological polar surface area (TPSA) is 94.8 Å². The molecule has 0 saturated heterocycles. The number of amides is 1. The molecule has 8 nitrogen and oxygen atoms in total. The molecule has 0 unspecified atom stereocenters. The molecule has 10 heteroatoms. The van der Waals surface area contributed by atoms with Crippen LogP contribution in [0.4, 0.5) is 10.1 Å². The normalized spacial score (nSPS) is 10.8. The smallest absolute Gasteiger partial charge is 0.267 e. The third-order valence-corrected chi connectivity index (χ3v) is 5.59. The van der Waals surface area contributed by atoms with Crippen molar-refractivity contribution in [2.24, 2.45) is 0 Å². The summed E-state index contributed by atoms with van der Waals surface area (Å²) >= 11 is 1.25. The summed E-state index contributed by atoms with van der Waals surface area (Å²) < 4.78 is 20.1. The molecule has 2 heterocycles. The number of rotatable bonds is 5. The minimum atomic E-state index is -0.321. The minimum Gasteiger partial charge on any atom is -0.494 e. The molecule has 152 valence electrons. The second-order valence-electron chi connectivity index (χ2n) is 6.42. The molecular formula is C20H17FN6O2S. The van der Waals surface area contributed by atoms with Gasteiger partial charge in [0.1, 0.15) is 27.1 Å². The molecule has 2 aromatic heterocycles. The fourth-order valence-corrected chi connectivity index (χ4v) is 3.87. The molecule has 1 amide bonds. The van der Waals surface area contributed by atoms with Gasteiger partial charge < -0.3 is 10.1 Å². The van der Waals surface area contributed by atoms with Gasteiger partial charge in [-0.1, -0.05) is 0 Å². The summed E-state index contributed by atoms with van der Waals surface area (Å²) in [7, 11) is 1.55. The largest absolute Gasteiger partial charge is 0.494 e. The number of methoxy groups -OCH3 is 1. The lowest BCUT2D eigenvalue weighted by molar-refractivity contribution is 0.103. The second kappa shape index (κ2) is 7.99. The number of hydrogen-bond acceptors (Lipinski definition) is 7. The Bertz CT molecular complexity index is 1220. The second-order valence-corrected chi connectivity index (χ2v) is 7.42. The Hall–Kier alpha value is -3.66. The summed E-state index contributed by atoms with van der Waals surface area (Å²) in [5, 5.41) is 15.0. The molecule has 4 rings (SSSR count). The lowest BCUT2D eigenvalue weighted by Gasteiger charge is -2.11. The Morgan fingerprint density at radius 3 is 2.60 bits per heavy atom. The van der Waals surface area contributed by atoms with Crippen LogP contribution in [0.2, 0.25) is 0 Å². The summed E-state index contributed by atoms with van der Waals surface area (Å²) in [5.74, 6) is 0.538. The summed E-state index contributed by atoms with van der Waals surface area (Å²) in [6.45, 7) is 3.53. The lowest BCUT2D eigenvalue weighted by atomic mass is 10.2. The maximum absolute atomic E-state index is 13.2. The van der Waals surface area contributed by atoms with Gasteiger partial charge in [0.25, 0.3) is 5.91 Å². The Morgan fingerprint density at radius 2 is 1.93 bits per heavy atom. The number of nitrogens with zero attached hydrogens (tertiary/aromatic N) is 5. The SMILES string of the molecule is COc1ccc(NC(=O)c2sc(-c3ccc(F)cc3)nc2C)cc1-n1nnnc1C. The highest BCUT2D eigenvalue weighted by molar-refractivity contribution is 7.17. The van der Waals surface area contributed by atoms with Crippen LogP contribution in [0, 0.1) is 19.7 Å². The van der Waals surface area contributed by atoms with E-state index in [-0.39, 0.29) is 11.7 Å². The van der Waals surface area contributed by atoms with E-state index in [0.717, 1.165) is 5.56 Å². The average molecular weight is 424 g/mol. The predicted molar refractivity (Wildman–Crippen MR) is 111 cm³/mol. The molecule has 2 aromatic carbocycles. The molecule has 0 radical (unpaired) electrons. The number of thiazole rings is 1. The van der Waals surface area contributed by atoms with Crippen LogP contribution in [0.15, 0.2) is 42.5 Å². The zero-order valence-corrected chi connectivity index (χ0v) is 17.2. The van der Waals surface area contributed by atoms with Gasteiger partial charge in [-0.25, -0.2) is 9.37 Å². The monoisotopic (exact) mass is 424 g/mol. The van der Waals surface area contributed by atoms with Gasteiger partial charge in [0.05, 0.1) is 12.8 Å². The molecule has 0 aliphatic carbocycles.